The Morgan fingerprint density at radius 3 is 2.52 bits per heavy atom. The number of nitrogens with one attached hydrogen (secondary N) is 1. The van der Waals surface area contributed by atoms with Crippen LogP contribution in [0.5, 0.6) is 5.75 Å². The number of nitrogen functional groups attached to an aromatic ring is 1. The maximum atomic E-state index is 13.7. The Labute approximate surface area is 173 Å². The highest BCUT2D eigenvalue weighted by Crippen LogP contribution is 2.41. The molecule has 11 heteroatoms. The zero-order valence-corrected chi connectivity index (χ0v) is 16.0. The Kier molecular flexibility index (Phi) is 4.57. The van der Waals surface area contributed by atoms with Gasteiger partial charge >= 0.3 is 6.61 Å². The van der Waals surface area contributed by atoms with Gasteiger partial charge in [-0.25, -0.2) is 9.37 Å². The van der Waals surface area contributed by atoms with Gasteiger partial charge in [0, 0.05) is 17.7 Å². The van der Waals surface area contributed by atoms with Crippen molar-refractivity contribution in [3.05, 3.63) is 54.1 Å². The Morgan fingerprint density at radius 1 is 1.03 bits per heavy atom. The fraction of sp³-hybridized carbons (Fsp3) is 0.200. The van der Waals surface area contributed by atoms with Crippen molar-refractivity contribution in [3.8, 4) is 11.7 Å². The van der Waals surface area contributed by atoms with Crippen LogP contribution in [0.15, 0.2) is 42.5 Å². The van der Waals surface area contributed by atoms with Crippen LogP contribution in [0, 0.1) is 5.82 Å². The number of fused-ring (bicyclic) bond motifs is 1. The lowest BCUT2D eigenvalue weighted by atomic mass is 10.3. The van der Waals surface area contributed by atoms with Gasteiger partial charge in [0.25, 0.3) is 0 Å². The fourth-order valence-electron chi connectivity index (χ4n) is 3.28. The van der Waals surface area contributed by atoms with Gasteiger partial charge in [0.05, 0.1) is 11.0 Å². The number of alkyl halides is 2. The van der Waals surface area contributed by atoms with E-state index < -0.39 is 6.61 Å². The molecule has 1 saturated carbocycles. The molecule has 1 aliphatic rings. The first-order valence-corrected chi connectivity index (χ1v) is 9.48. The van der Waals surface area contributed by atoms with Gasteiger partial charge in [-0.3, -0.25) is 4.57 Å². The summed E-state index contributed by atoms with van der Waals surface area (Å²) >= 11 is 0. The highest BCUT2D eigenvalue weighted by Gasteiger charge is 2.31. The monoisotopic (exact) mass is 427 g/mol. The first kappa shape index (κ1) is 19.1. The van der Waals surface area contributed by atoms with Crippen LogP contribution in [0.2, 0.25) is 0 Å². The third kappa shape index (κ3) is 3.93. The molecule has 3 N–H and O–H groups in total. The Hall–Kier alpha value is -3.89. The molecular formula is C20H16F3N7O. The molecule has 0 bridgehead atoms. The summed E-state index contributed by atoms with van der Waals surface area (Å²) in [4.78, 5) is 17.4. The summed E-state index contributed by atoms with van der Waals surface area (Å²) in [6.07, 6.45) is 1.95. The van der Waals surface area contributed by atoms with Crippen molar-refractivity contribution >= 4 is 28.6 Å². The summed E-state index contributed by atoms with van der Waals surface area (Å²) < 4.78 is 44.4. The van der Waals surface area contributed by atoms with Crippen molar-refractivity contribution < 1.29 is 17.9 Å². The summed E-state index contributed by atoms with van der Waals surface area (Å²) in [5, 5.41) is 2.97. The van der Waals surface area contributed by atoms with E-state index in [2.05, 4.69) is 30.0 Å². The van der Waals surface area contributed by atoms with Crippen LogP contribution in [0.25, 0.3) is 17.0 Å². The van der Waals surface area contributed by atoms with Gasteiger partial charge in [0.1, 0.15) is 17.4 Å². The smallest absolute Gasteiger partial charge is 0.387 e. The van der Waals surface area contributed by atoms with E-state index in [1.165, 1.54) is 24.3 Å². The molecule has 158 valence electrons. The fourth-order valence-corrected chi connectivity index (χ4v) is 3.28. The number of hydrogen-bond donors (Lipinski definition) is 2. The minimum Gasteiger partial charge on any atom is -0.435 e. The molecule has 0 radical (unpaired) electrons. The second-order valence-electron chi connectivity index (χ2n) is 7.06. The quantitative estimate of drug-likeness (QED) is 0.476. The third-order valence-electron chi connectivity index (χ3n) is 4.76. The van der Waals surface area contributed by atoms with Crippen LogP contribution < -0.4 is 15.8 Å². The molecular weight excluding hydrogens is 411 g/mol. The average molecular weight is 427 g/mol. The first-order valence-electron chi connectivity index (χ1n) is 9.48. The number of aromatic nitrogens is 5. The number of rotatable bonds is 6. The maximum absolute atomic E-state index is 13.7. The number of benzene rings is 2. The van der Waals surface area contributed by atoms with Gasteiger partial charge in [0.2, 0.25) is 17.8 Å². The lowest BCUT2D eigenvalue weighted by Crippen LogP contribution is -2.11. The van der Waals surface area contributed by atoms with Gasteiger partial charge in [-0.15, -0.1) is 0 Å². The van der Waals surface area contributed by atoms with Crippen LogP contribution >= 0.6 is 0 Å². The van der Waals surface area contributed by atoms with Crippen LogP contribution in [-0.2, 0) is 0 Å². The van der Waals surface area contributed by atoms with Crippen LogP contribution in [-0.4, -0.2) is 31.1 Å². The summed E-state index contributed by atoms with van der Waals surface area (Å²) in [6, 6.07) is 10.2. The minimum absolute atomic E-state index is 0.0177. The van der Waals surface area contributed by atoms with E-state index >= 15 is 0 Å². The molecule has 2 heterocycles. The number of ether oxygens (including phenoxy) is 1. The van der Waals surface area contributed by atoms with Crippen LogP contribution in [0.1, 0.15) is 24.6 Å². The van der Waals surface area contributed by atoms with E-state index in [4.69, 9.17) is 5.73 Å². The normalized spacial score (nSPS) is 13.7. The number of nitrogens with two attached hydrogens (primary N) is 1. The molecule has 0 amide bonds. The summed E-state index contributed by atoms with van der Waals surface area (Å²) in [6.45, 7) is -2.90. The van der Waals surface area contributed by atoms with E-state index in [9.17, 15) is 13.2 Å². The molecule has 0 atom stereocenters. The second kappa shape index (κ2) is 7.42. The molecule has 0 unspecified atom stereocenters. The average Bonchev–Trinajstić information content (AvgIpc) is 3.49. The van der Waals surface area contributed by atoms with Crippen LogP contribution in [0.4, 0.5) is 30.8 Å². The van der Waals surface area contributed by atoms with Crippen molar-refractivity contribution in [2.45, 2.75) is 25.4 Å². The first-order chi connectivity index (χ1) is 15.0. The predicted molar refractivity (Wildman–Crippen MR) is 107 cm³/mol. The SMILES string of the molecule is Nc1nc(Nc2ccc(OC(F)F)cc2)nc(-n2c(C3CC3)nc3cc(F)ccc32)n1. The standard InChI is InChI=1S/C20H16F3N7O/c21-11-3-8-15-14(9-11)26-16(10-1-2-10)30(15)20-28-18(24)27-19(29-20)25-12-4-6-13(7-5-12)31-17(22)23/h3-10,17H,1-2H2,(H3,24,25,27,28,29). The van der Waals surface area contributed by atoms with Crippen molar-refractivity contribution in [2.75, 3.05) is 11.1 Å². The molecule has 5 rings (SSSR count). The third-order valence-corrected chi connectivity index (χ3v) is 4.76. The maximum Gasteiger partial charge on any atom is 0.387 e. The molecule has 2 aromatic carbocycles. The van der Waals surface area contributed by atoms with Crippen molar-refractivity contribution in [2.24, 2.45) is 0 Å². The van der Waals surface area contributed by atoms with E-state index in [0.29, 0.717) is 16.7 Å². The van der Waals surface area contributed by atoms with Gasteiger partial charge in [0.15, 0.2) is 0 Å². The van der Waals surface area contributed by atoms with Gasteiger partial charge in [-0.2, -0.15) is 23.7 Å². The highest BCUT2D eigenvalue weighted by molar-refractivity contribution is 5.78. The summed E-state index contributed by atoms with van der Waals surface area (Å²) in [5.41, 5.74) is 7.61. The number of hydrogen-bond acceptors (Lipinski definition) is 7. The second-order valence-corrected chi connectivity index (χ2v) is 7.06. The molecule has 0 saturated heterocycles. The molecule has 8 nitrogen and oxygen atoms in total. The molecule has 1 aliphatic carbocycles. The number of nitrogens with zero attached hydrogens (tertiary/aromatic N) is 5. The van der Waals surface area contributed by atoms with E-state index in [1.54, 1.807) is 22.8 Å². The molecule has 4 aromatic rings. The molecule has 0 aliphatic heterocycles. The number of anilines is 3. The highest BCUT2D eigenvalue weighted by atomic mass is 19.3. The number of halogens is 3. The Morgan fingerprint density at radius 2 is 1.81 bits per heavy atom. The van der Waals surface area contributed by atoms with Gasteiger partial charge < -0.3 is 15.8 Å². The van der Waals surface area contributed by atoms with Crippen molar-refractivity contribution in [1.82, 2.24) is 24.5 Å². The topological polar surface area (TPSA) is 104 Å². The minimum atomic E-state index is -2.90. The Bertz CT molecular complexity index is 1260. The Balaban J connectivity index is 1.51. The van der Waals surface area contributed by atoms with Gasteiger partial charge in [-0.1, -0.05) is 0 Å². The predicted octanol–water partition coefficient (Wildman–Crippen LogP) is 4.15. The van der Waals surface area contributed by atoms with E-state index in [-0.39, 0.29) is 35.3 Å². The summed E-state index contributed by atoms with van der Waals surface area (Å²) in [7, 11) is 0. The zero-order chi connectivity index (χ0) is 21.5. The lowest BCUT2D eigenvalue weighted by Gasteiger charge is -2.11. The van der Waals surface area contributed by atoms with E-state index in [1.807, 2.05) is 0 Å². The zero-order valence-electron chi connectivity index (χ0n) is 16.0. The lowest BCUT2D eigenvalue weighted by molar-refractivity contribution is -0.0498. The molecule has 1 fully saturated rings. The van der Waals surface area contributed by atoms with Crippen LogP contribution in [0.3, 0.4) is 0 Å². The number of imidazole rings is 1. The largest absolute Gasteiger partial charge is 0.435 e. The molecule has 0 spiro atoms. The van der Waals surface area contributed by atoms with Crippen molar-refractivity contribution in [3.63, 3.8) is 0 Å². The molecule has 2 aromatic heterocycles. The van der Waals surface area contributed by atoms with Gasteiger partial charge in [-0.05, 0) is 49.2 Å². The summed E-state index contributed by atoms with van der Waals surface area (Å²) in [5.74, 6) is 1.03. The van der Waals surface area contributed by atoms with E-state index in [0.717, 1.165) is 18.7 Å². The molecule has 31 heavy (non-hydrogen) atoms. The van der Waals surface area contributed by atoms with Crippen molar-refractivity contribution in [1.29, 1.82) is 0 Å².